The van der Waals surface area contributed by atoms with Crippen molar-refractivity contribution < 1.29 is 23.4 Å². The largest absolute Gasteiger partial charge is 0.480 e. The van der Waals surface area contributed by atoms with Gasteiger partial charge in [-0.25, -0.2) is 8.42 Å². The number of carboxylic acid groups (broad SMARTS) is 1. The summed E-state index contributed by atoms with van der Waals surface area (Å²) in [5.74, 6) is -1.36. The molecule has 0 aromatic heterocycles. The highest BCUT2D eigenvalue weighted by molar-refractivity contribution is 7.90. The molecule has 94 valence electrons. The molecule has 1 atom stereocenters. The van der Waals surface area contributed by atoms with Crippen LogP contribution in [0.2, 0.25) is 0 Å². The van der Waals surface area contributed by atoms with E-state index in [1.54, 1.807) is 0 Å². The minimum absolute atomic E-state index is 0.0232. The number of hydrogen-bond acceptors (Lipinski definition) is 4. The van der Waals surface area contributed by atoms with Gasteiger partial charge < -0.3 is 10.2 Å². The highest BCUT2D eigenvalue weighted by atomic mass is 32.2. The number of aliphatic hydroxyl groups is 1. The molecule has 1 aliphatic carbocycles. The molecule has 1 unspecified atom stereocenters. The minimum atomic E-state index is -3.85. The second-order valence-electron chi connectivity index (χ2n) is 3.94. The van der Waals surface area contributed by atoms with E-state index in [1.807, 2.05) is 0 Å². The Balaban J connectivity index is 2.87. The monoisotopic (exact) mass is 251 g/mol. The predicted molar refractivity (Wildman–Crippen MR) is 57.4 cm³/mol. The van der Waals surface area contributed by atoms with Gasteiger partial charge in [0.2, 0.25) is 10.0 Å². The lowest BCUT2D eigenvalue weighted by Gasteiger charge is -2.37. The molecular formula is C9H17NO5S. The maximum Gasteiger partial charge on any atom is 0.323 e. The molecule has 0 aromatic carbocycles. The Morgan fingerprint density at radius 3 is 2.38 bits per heavy atom. The zero-order valence-corrected chi connectivity index (χ0v) is 9.98. The van der Waals surface area contributed by atoms with Gasteiger partial charge in [-0.3, -0.25) is 4.79 Å². The van der Waals surface area contributed by atoms with Gasteiger partial charge in [0, 0.05) is 12.6 Å². The number of aliphatic carboxylic acids is 1. The number of nitrogens with zero attached hydrogens (tertiary/aromatic N) is 1. The molecule has 7 heteroatoms. The summed E-state index contributed by atoms with van der Waals surface area (Å²) in [6.07, 6.45) is 2.43. The summed E-state index contributed by atoms with van der Waals surface area (Å²) in [6, 6.07) is -0.140. The number of hydrogen-bond donors (Lipinski definition) is 2. The molecule has 16 heavy (non-hydrogen) atoms. The van der Waals surface area contributed by atoms with Crippen LogP contribution in [0.25, 0.3) is 0 Å². The molecule has 0 bridgehead atoms. The van der Waals surface area contributed by atoms with E-state index in [9.17, 15) is 13.2 Å². The fourth-order valence-corrected chi connectivity index (χ4v) is 3.24. The Hall–Kier alpha value is -0.660. The predicted octanol–water partition coefficient (Wildman–Crippen LogP) is -0.364. The third-order valence-corrected chi connectivity index (χ3v) is 5.15. The quantitative estimate of drug-likeness (QED) is 0.672. The van der Waals surface area contributed by atoms with Gasteiger partial charge in [0.05, 0.1) is 6.61 Å². The van der Waals surface area contributed by atoms with Crippen LogP contribution in [-0.2, 0) is 14.8 Å². The summed E-state index contributed by atoms with van der Waals surface area (Å²) in [6.45, 7) is 0.841. The first-order valence-electron chi connectivity index (χ1n) is 5.25. The van der Waals surface area contributed by atoms with E-state index in [-0.39, 0.29) is 19.2 Å². The first-order valence-corrected chi connectivity index (χ1v) is 6.76. The highest BCUT2D eigenvalue weighted by Crippen LogP contribution is 2.28. The van der Waals surface area contributed by atoms with Crippen LogP contribution in [0.5, 0.6) is 0 Å². The Bertz CT molecular complexity index is 349. The number of rotatable bonds is 6. The van der Waals surface area contributed by atoms with Crippen molar-refractivity contribution in [3.63, 3.8) is 0 Å². The Morgan fingerprint density at radius 1 is 1.50 bits per heavy atom. The highest BCUT2D eigenvalue weighted by Gasteiger charge is 2.39. The van der Waals surface area contributed by atoms with Gasteiger partial charge in [0.1, 0.15) is 0 Å². The van der Waals surface area contributed by atoms with Crippen molar-refractivity contribution in [2.75, 3.05) is 13.2 Å². The van der Waals surface area contributed by atoms with Gasteiger partial charge in [-0.15, -0.1) is 0 Å². The molecule has 0 amide bonds. The number of sulfonamides is 1. The molecule has 1 rings (SSSR count). The summed E-state index contributed by atoms with van der Waals surface area (Å²) in [5.41, 5.74) is 0. The van der Waals surface area contributed by atoms with E-state index < -0.39 is 21.2 Å². The number of carboxylic acids is 1. The van der Waals surface area contributed by atoms with E-state index in [2.05, 4.69) is 0 Å². The first kappa shape index (κ1) is 13.4. The Morgan fingerprint density at radius 2 is 2.06 bits per heavy atom. The average Bonchev–Trinajstić information content (AvgIpc) is 2.13. The fourth-order valence-electron chi connectivity index (χ4n) is 1.62. The van der Waals surface area contributed by atoms with E-state index >= 15 is 0 Å². The summed E-state index contributed by atoms with van der Waals surface area (Å²) in [5, 5.41) is 16.1. The Labute approximate surface area is 94.9 Å². The van der Waals surface area contributed by atoms with Crippen molar-refractivity contribution in [1.82, 2.24) is 4.31 Å². The van der Waals surface area contributed by atoms with Crippen molar-refractivity contribution in [2.45, 2.75) is 37.5 Å². The van der Waals surface area contributed by atoms with Crippen LogP contribution in [0.3, 0.4) is 0 Å². The van der Waals surface area contributed by atoms with Crippen LogP contribution >= 0.6 is 0 Å². The van der Waals surface area contributed by atoms with Crippen LogP contribution in [0, 0.1) is 0 Å². The molecule has 2 N–H and O–H groups in total. The van der Waals surface area contributed by atoms with Crippen LogP contribution < -0.4 is 0 Å². The maximum atomic E-state index is 11.9. The first-order chi connectivity index (χ1) is 7.41. The van der Waals surface area contributed by atoms with Crippen molar-refractivity contribution in [1.29, 1.82) is 0 Å². The lowest BCUT2D eigenvalue weighted by molar-refractivity contribution is -0.136. The third kappa shape index (κ3) is 2.53. The van der Waals surface area contributed by atoms with E-state index in [0.29, 0.717) is 0 Å². The lowest BCUT2D eigenvalue weighted by Crippen LogP contribution is -2.50. The molecule has 0 saturated heterocycles. The average molecular weight is 251 g/mol. The van der Waals surface area contributed by atoms with Crippen molar-refractivity contribution in [3.05, 3.63) is 0 Å². The van der Waals surface area contributed by atoms with Crippen LogP contribution in [0.1, 0.15) is 26.2 Å². The molecule has 0 aromatic rings. The van der Waals surface area contributed by atoms with Gasteiger partial charge in [0.15, 0.2) is 5.25 Å². The Kier molecular flexibility index (Phi) is 4.28. The van der Waals surface area contributed by atoms with Crippen LogP contribution in [0.15, 0.2) is 0 Å². The van der Waals surface area contributed by atoms with Crippen molar-refractivity contribution in [3.8, 4) is 0 Å². The summed E-state index contributed by atoms with van der Waals surface area (Å²) < 4.78 is 25.0. The van der Waals surface area contributed by atoms with E-state index in [4.69, 9.17) is 10.2 Å². The third-order valence-electron chi connectivity index (χ3n) is 2.92. The maximum absolute atomic E-state index is 11.9. The lowest BCUT2D eigenvalue weighted by atomic mass is 9.93. The molecule has 0 aliphatic heterocycles. The van der Waals surface area contributed by atoms with E-state index in [0.717, 1.165) is 30.5 Å². The molecule has 0 spiro atoms. The van der Waals surface area contributed by atoms with E-state index in [1.165, 1.54) is 0 Å². The molecule has 0 heterocycles. The van der Waals surface area contributed by atoms with Gasteiger partial charge in [-0.1, -0.05) is 6.42 Å². The van der Waals surface area contributed by atoms with Crippen molar-refractivity contribution >= 4 is 16.0 Å². The summed E-state index contributed by atoms with van der Waals surface area (Å²) >= 11 is 0. The standard InChI is InChI=1S/C9H17NO5S/c1-7(9(12)13)16(14,15)10(5-6-11)8-3-2-4-8/h7-8,11H,2-6H2,1H3,(H,12,13). The van der Waals surface area contributed by atoms with Crippen LogP contribution in [-0.4, -0.2) is 53.3 Å². The van der Waals surface area contributed by atoms with Crippen LogP contribution in [0.4, 0.5) is 0 Å². The minimum Gasteiger partial charge on any atom is -0.480 e. The second kappa shape index (κ2) is 5.11. The number of aliphatic hydroxyl groups excluding tert-OH is 1. The topological polar surface area (TPSA) is 94.9 Å². The molecule has 1 fully saturated rings. The molecule has 1 saturated carbocycles. The normalized spacial score (nSPS) is 19.4. The fraction of sp³-hybridized carbons (Fsp3) is 0.889. The van der Waals surface area contributed by atoms with Gasteiger partial charge in [0.25, 0.3) is 0 Å². The molecule has 1 aliphatic rings. The van der Waals surface area contributed by atoms with Gasteiger partial charge >= 0.3 is 5.97 Å². The zero-order valence-electron chi connectivity index (χ0n) is 9.16. The number of carbonyl (C=O) groups is 1. The van der Waals surface area contributed by atoms with Gasteiger partial charge in [-0.2, -0.15) is 4.31 Å². The van der Waals surface area contributed by atoms with Crippen molar-refractivity contribution in [2.24, 2.45) is 0 Å². The zero-order chi connectivity index (χ0) is 12.3. The molecule has 0 radical (unpaired) electrons. The molecular weight excluding hydrogens is 234 g/mol. The smallest absolute Gasteiger partial charge is 0.323 e. The summed E-state index contributed by atoms with van der Waals surface area (Å²) in [4.78, 5) is 10.7. The second-order valence-corrected chi connectivity index (χ2v) is 6.15. The SMILES string of the molecule is CC(C(=O)O)S(=O)(=O)N(CCO)C1CCC1. The summed E-state index contributed by atoms with van der Waals surface area (Å²) in [7, 11) is -3.85. The van der Waals surface area contributed by atoms with Gasteiger partial charge in [-0.05, 0) is 19.8 Å². The molecule has 6 nitrogen and oxygen atoms in total.